The van der Waals surface area contributed by atoms with E-state index in [-0.39, 0.29) is 0 Å². The van der Waals surface area contributed by atoms with Gasteiger partial charge in [-0.15, -0.1) is 0 Å². The number of fused-ring (bicyclic) bond motifs is 1. The number of thiocarbonyl (C=S) groups is 1. The quantitative estimate of drug-likeness (QED) is 0.448. The van der Waals surface area contributed by atoms with Crippen LogP contribution < -0.4 is 10.2 Å². The Kier molecular flexibility index (Phi) is 7.96. The lowest BCUT2D eigenvalue weighted by Crippen LogP contribution is -2.46. The van der Waals surface area contributed by atoms with Crippen molar-refractivity contribution in [1.29, 1.82) is 0 Å². The van der Waals surface area contributed by atoms with Crippen molar-refractivity contribution < 1.29 is 0 Å². The maximum absolute atomic E-state index is 6.21. The molecule has 2 atom stereocenters. The van der Waals surface area contributed by atoms with Crippen LogP contribution in [-0.2, 0) is 13.0 Å². The summed E-state index contributed by atoms with van der Waals surface area (Å²) in [5.41, 5.74) is 5.23. The number of halogens is 1. The maximum atomic E-state index is 6.21. The Bertz CT molecular complexity index is 931. The van der Waals surface area contributed by atoms with Crippen LogP contribution in [0.5, 0.6) is 0 Å². The molecule has 0 spiro atoms. The fourth-order valence-corrected chi connectivity index (χ4v) is 5.89. The standard InChI is InChI=1S/C27H36ClN3S/c1-3-15-30-16-7-9-22-17-21(13-14-26(22)30)19-31(25-12-5-4-8-20(25)2)27(32)29-24-11-6-10-23(28)18-24/h6,10-11,13-14,17-18,20,25H,3-5,7-9,12,15-16,19H2,1-2H3,(H,29,32)/t20-,25-/m0/s1. The first-order valence-electron chi connectivity index (χ1n) is 12.2. The van der Waals surface area contributed by atoms with Gasteiger partial charge in [0, 0.05) is 42.1 Å². The Balaban J connectivity index is 1.57. The molecule has 5 heteroatoms. The summed E-state index contributed by atoms with van der Waals surface area (Å²) in [5, 5.41) is 5.00. The van der Waals surface area contributed by atoms with E-state index in [1.54, 1.807) is 0 Å². The highest BCUT2D eigenvalue weighted by Crippen LogP contribution is 2.32. The van der Waals surface area contributed by atoms with Gasteiger partial charge < -0.3 is 15.1 Å². The van der Waals surface area contributed by atoms with Crippen LogP contribution in [0.3, 0.4) is 0 Å². The summed E-state index contributed by atoms with van der Waals surface area (Å²) in [5.74, 6) is 0.639. The van der Waals surface area contributed by atoms with Gasteiger partial charge in [-0.25, -0.2) is 0 Å². The van der Waals surface area contributed by atoms with Crippen LogP contribution in [0.25, 0.3) is 0 Å². The molecule has 0 radical (unpaired) electrons. The first-order chi connectivity index (χ1) is 15.5. The number of anilines is 2. The normalized spacial score (nSPS) is 20.5. The van der Waals surface area contributed by atoms with Gasteiger partial charge in [-0.05, 0) is 85.6 Å². The van der Waals surface area contributed by atoms with Crippen LogP contribution in [0, 0.1) is 5.92 Å². The summed E-state index contributed by atoms with van der Waals surface area (Å²) in [6.45, 7) is 7.82. The zero-order valence-electron chi connectivity index (χ0n) is 19.4. The molecule has 1 N–H and O–H groups in total. The van der Waals surface area contributed by atoms with Gasteiger partial charge in [0.15, 0.2) is 5.11 Å². The fraction of sp³-hybridized carbons (Fsp3) is 0.519. The van der Waals surface area contributed by atoms with Crippen molar-refractivity contribution in [2.75, 3.05) is 23.3 Å². The molecule has 172 valence electrons. The lowest BCUT2D eigenvalue weighted by molar-refractivity contribution is 0.177. The summed E-state index contributed by atoms with van der Waals surface area (Å²) >= 11 is 12.2. The average Bonchev–Trinajstić information content (AvgIpc) is 2.78. The van der Waals surface area contributed by atoms with E-state index in [4.69, 9.17) is 23.8 Å². The topological polar surface area (TPSA) is 18.5 Å². The van der Waals surface area contributed by atoms with Gasteiger partial charge in [0.25, 0.3) is 0 Å². The lowest BCUT2D eigenvalue weighted by atomic mass is 9.84. The van der Waals surface area contributed by atoms with E-state index in [2.05, 4.69) is 47.2 Å². The molecular weight excluding hydrogens is 434 g/mol. The number of hydrogen-bond donors (Lipinski definition) is 1. The summed E-state index contributed by atoms with van der Waals surface area (Å²) in [4.78, 5) is 4.99. The highest BCUT2D eigenvalue weighted by Gasteiger charge is 2.29. The van der Waals surface area contributed by atoms with E-state index < -0.39 is 0 Å². The third-order valence-corrected chi connectivity index (χ3v) is 7.58. The molecule has 0 aromatic heterocycles. The van der Waals surface area contributed by atoms with Gasteiger partial charge in [-0.1, -0.05) is 56.5 Å². The van der Waals surface area contributed by atoms with Gasteiger partial charge in [-0.2, -0.15) is 0 Å². The zero-order valence-corrected chi connectivity index (χ0v) is 21.0. The monoisotopic (exact) mass is 469 g/mol. The van der Waals surface area contributed by atoms with E-state index in [1.165, 1.54) is 68.3 Å². The van der Waals surface area contributed by atoms with Crippen molar-refractivity contribution in [2.24, 2.45) is 5.92 Å². The number of nitrogens with one attached hydrogen (secondary N) is 1. The van der Waals surface area contributed by atoms with E-state index in [1.807, 2.05) is 24.3 Å². The van der Waals surface area contributed by atoms with Crippen molar-refractivity contribution in [3.8, 4) is 0 Å². The first kappa shape index (κ1) is 23.4. The molecule has 2 aliphatic rings. The fourth-order valence-electron chi connectivity index (χ4n) is 5.39. The van der Waals surface area contributed by atoms with Crippen molar-refractivity contribution in [2.45, 2.75) is 71.4 Å². The third-order valence-electron chi connectivity index (χ3n) is 7.01. The highest BCUT2D eigenvalue weighted by molar-refractivity contribution is 7.80. The predicted octanol–water partition coefficient (Wildman–Crippen LogP) is 7.28. The van der Waals surface area contributed by atoms with Gasteiger partial charge in [0.1, 0.15) is 0 Å². The largest absolute Gasteiger partial charge is 0.371 e. The molecule has 0 bridgehead atoms. The Morgan fingerprint density at radius 2 is 2.00 bits per heavy atom. The number of nitrogens with zero attached hydrogens (tertiary/aromatic N) is 2. The number of rotatable bonds is 6. The smallest absolute Gasteiger partial charge is 0.173 e. The minimum absolute atomic E-state index is 0.468. The number of aryl methyl sites for hydroxylation is 1. The molecule has 4 rings (SSSR count). The molecule has 1 aliphatic carbocycles. The number of hydrogen-bond acceptors (Lipinski definition) is 2. The van der Waals surface area contributed by atoms with Crippen molar-refractivity contribution in [3.63, 3.8) is 0 Å². The third kappa shape index (κ3) is 5.58. The summed E-state index contributed by atoms with van der Waals surface area (Å²) in [6, 6.07) is 15.4. The predicted molar refractivity (Wildman–Crippen MR) is 142 cm³/mol. The van der Waals surface area contributed by atoms with Crippen molar-refractivity contribution >= 4 is 40.3 Å². The summed E-state index contributed by atoms with van der Waals surface area (Å²) in [6.07, 6.45) is 8.69. The molecule has 0 unspecified atom stereocenters. The Hall–Kier alpha value is -1.78. The molecule has 2 aromatic carbocycles. The van der Waals surface area contributed by atoms with Gasteiger partial charge in [0.2, 0.25) is 0 Å². The van der Waals surface area contributed by atoms with E-state index >= 15 is 0 Å². The SMILES string of the molecule is CCCN1CCCc2cc(CN(C(=S)Nc3cccc(Cl)c3)[C@H]3CCCC[C@@H]3C)ccc21. The summed E-state index contributed by atoms with van der Waals surface area (Å²) < 4.78 is 0. The molecule has 0 amide bonds. The lowest BCUT2D eigenvalue weighted by Gasteiger charge is -2.40. The second-order valence-electron chi connectivity index (χ2n) is 9.45. The van der Waals surface area contributed by atoms with E-state index in [0.29, 0.717) is 12.0 Å². The molecule has 1 saturated carbocycles. The zero-order chi connectivity index (χ0) is 22.5. The Morgan fingerprint density at radius 3 is 2.78 bits per heavy atom. The molecule has 3 nitrogen and oxygen atoms in total. The van der Waals surface area contributed by atoms with Gasteiger partial charge in [0.05, 0.1) is 0 Å². The van der Waals surface area contributed by atoms with Crippen LogP contribution in [0.15, 0.2) is 42.5 Å². The minimum atomic E-state index is 0.468. The van der Waals surface area contributed by atoms with Crippen LogP contribution in [0.1, 0.15) is 63.5 Å². The molecule has 0 saturated heterocycles. The van der Waals surface area contributed by atoms with E-state index in [9.17, 15) is 0 Å². The van der Waals surface area contributed by atoms with Crippen molar-refractivity contribution in [3.05, 3.63) is 58.6 Å². The Labute approximate surface area is 204 Å². The Morgan fingerprint density at radius 1 is 1.16 bits per heavy atom. The van der Waals surface area contributed by atoms with Crippen LogP contribution >= 0.6 is 23.8 Å². The highest BCUT2D eigenvalue weighted by atomic mass is 35.5. The maximum Gasteiger partial charge on any atom is 0.173 e. The second-order valence-corrected chi connectivity index (χ2v) is 10.3. The average molecular weight is 470 g/mol. The van der Waals surface area contributed by atoms with Crippen LogP contribution in [0.2, 0.25) is 5.02 Å². The van der Waals surface area contributed by atoms with Gasteiger partial charge in [-0.3, -0.25) is 0 Å². The first-order valence-corrected chi connectivity index (χ1v) is 13.0. The molecule has 2 aromatic rings. The summed E-state index contributed by atoms with van der Waals surface area (Å²) in [7, 11) is 0. The van der Waals surface area contributed by atoms with Gasteiger partial charge >= 0.3 is 0 Å². The van der Waals surface area contributed by atoms with E-state index in [0.717, 1.165) is 28.9 Å². The molecular formula is C27H36ClN3S. The molecule has 1 aliphatic heterocycles. The van der Waals surface area contributed by atoms with Crippen LogP contribution in [-0.4, -0.2) is 29.1 Å². The molecule has 1 fully saturated rings. The number of benzene rings is 2. The van der Waals surface area contributed by atoms with Crippen molar-refractivity contribution in [1.82, 2.24) is 4.90 Å². The second kappa shape index (κ2) is 10.9. The molecule has 1 heterocycles. The molecule has 32 heavy (non-hydrogen) atoms. The minimum Gasteiger partial charge on any atom is -0.371 e. The van der Waals surface area contributed by atoms with Crippen LogP contribution in [0.4, 0.5) is 11.4 Å².